The van der Waals surface area contributed by atoms with Crippen LogP contribution >= 0.6 is 0 Å². The van der Waals surface area contributed by atoms with Crippen LogP contribution < -0.4 is 0 Å². The van der Waals surface area contributed by atoms with Gasteiger partial charge in [0.05, 0.1) is 18.2 Å². The van der Waals surface area contributed by atoms with Gasteiger partial charge in [0.25, 0.3) is 0 Å². The van der Waals surface area contributed by atoms with Gasteiger partial charge in [-0.1, -0.05) is 60.7 Å². The van der Waals surface area contributed by atoms with Crippen molar-refractivity contribution < 1.29 is 5.11 Å². The maximum Gasteiger partial charge on any atom is 0.0998 e. The molecule has 2 nitrogen and oxygen atoms in total. The largest absolute Gasteiger partial charge is 0.392 e. The number of hydrogen-bond donors (Lipinski definition) is 1. The van der Waals surface area contributed by atoms with Crippen molar-refractivity contribution in [1.29, 1.82) is 5.26 Å². The topological polar surface area (TPSA) is 44.0 Å². The van der Waals surface area contributed by atoms with Crippen LogP contribution in [0.5, 0.6) is 0 Å². The Morgan fingerprint density at radius 3 is 2.14 bits per heavy atom. The molecule has 3 aromatic rings. The van der Waals surface area contributed by atoms with Gasteiger partial charge in [0.15, 0.2) is 0 Å². The molecule has 0 aromatic heterocycles. The van der Waals surface area contributed by atoms with E-state index in [1.54, 1.807) is 12.1 Å². The van der Waals surface area contributed by atoms with E-state index in [4.69, 9.17) is 0 Å². The van der Waals surface area contributed by atoms with Crippen LogP contribution in [0.1, 0.15) is 11.1 Å². The molecule has 0 radical (unpaired) electrons. The SMILES string of the molecule is N#Cc1ccc(CO)cc1-c1ccccc1-c1ccccc1. The molecule has 2 heteroatoms. The highest BCUT2D eigenvalue weighted by Gasteiger charge is 2.11. The summed E-state index contributed by atoms with van der Waals surface area (Å²) in [4.78, 5) is 0. The highest BCUT2D eigenvalue weighted by Crippen LogP contribution is 2.34. The van der Waals surface area contributed by atoms with Gasteiger partial charge >= 0.3 is 0 Å². The second-order valence-electron chi connectivity index (χ2n) is 5.06. The van der Waals surface area contributed by atoms with Crippen molar-refractivity contribution in [2.45, 2.75) is 6.61 Å². The molecule has 0 saturated carbocycles. The molecule has 0 heterocycles. The number of benzene rings is 3. The van der Waals surface area contributed by atoms with E-state index < -0.39 is 0 Å². The second kappa shape index (κ2) is 6.26. The number of aliphatic hydroxyl groups is 1. The third kappa shape index (κ3) is 2.63. The Hall–Kier alpha value is -2.89. The second-order valence-corrected chi connectivity index (χ2v) is 5.06. The molecular formula is C20H15NO. The molecular weight excluding hydrogens is 270 g/mol. The number of hydrogen-bond acceptors (Lipinski definition) is 2. The van der Waals surface area contributed by atoms with E-state index in [2.05, 4.69) is 24.3 Å². The van der Waals surface area contributed by atoms with E-state index in [-0.39, 0.29) is 6.61 Å². The summed E-state index contributed by atoms with van der Waals surface area (Å²) in [6.45, 7) is -0.0355. The summed E-state index contributed by atoms with van der Waals surface area (Å²) in [5, 5.41) is 18.8. The zero-order chi connectivity index (χ0) is 15.4. The van der Waals surface area contributed by atoms with Gasteiger partial charge in [0.2, 0.25) is 0 Å². The smallest absolute Gasteiger partial charge is 0.0998 e. The van der Waals surface area contributed by atoms with Crippen molar-refractivity contribution in [1.82, 2.24) is 0 Å². The van der Waals surface area contributed by atoms with E-state index >= 15 is 0 Å². The minimum atomic E-state index is -0.0355. The summed E-state index contributed by atoms with van der Waals surface area (Å²) in [6, 6.07) is 25.8. The van der Waals surface area contributed by atoms with Crippen molar-refractivity contribution in [3.63, 3.8) is 0 Å². The van der Waals surface area contributed by atoms with Gasteiger partial charge in [-0.3, -0.25) is 0 Å². The molecule has 3 aromatic carbocycles. The number of nitriles is 1. The first kappa shape index (κ1) is 14.1. The van der Waals surface area contributed by atoms with Crippen molar-refractivity contribution in [3.05, 3.63) is 83.9 Å². The van der Waals surface area contributed by atoms with Crippen LogP contribution in [0.25, 0.3) is 22.3 Å². The first-order valence-electron chi connectivity index (χ1n) is 7.12. The molecule has 0 aliphatic carbocycles. The summed E-state index contributed by atoms with van der Waals surface area (Å²) >= 11 is 0. The normalized spacial score (nSPS) is 10.2. The van der Waals surface area contributed by atoms with Crippen molar-refractivity contribution in [2.75, 3.05) is 0 Å². The fourth-order valence-corrected chi connectivity index (χ4v) is 2.60. The summed E-state index contributed by atoms with van der Waals surface area (Å²) in [5.74, 6) is 0. The fraction of sp³-hybridized carbons (Fsp3) is 0.0500. The molecule has 1 N–H and O–H groups in total. The van der Waals surface area contributed by atoms with Crippen molar-refractivity contribution in [2.24, 2.45) is 0 Å². The standard InChI is InChI=1S/C20H15NO/c21-13-17-11-10-15(14-22)12-20(17)19-9-5-4-8-18(19)16-6-2-1-3-7-16/h1-12,22H,14H2. The molecule has 0 spiro atoms. The third-order valence-electron chi connectivity index (χ3n) is 3.69. The van der Waals surface area contributed by atoms with Crippen molar-refractivity contribution >= 4 is 0 Å². The highest BCUT2D eigenvalue weighted by molar-refractivity contribution is 5.86. The van der Waals surface area contributed by atoms with E-state index in [1.165, 1.54) is 0 Å². The first-order valence-corrected chi connectivity index (χ1v) is 7.12. The van der Waals surface area contributed by atoms with Gasteiger partial charge < -0.3 is 5.11 Å². The van der Waals surface area contributed by atoms with Crippen LogP contribution in [0, 0.1) is 11.3 Å². The Kier molecular flexibility index (Phi) is 4.00. The average Bonchev–Trinajstić information content (AvgIpc) is 2.62. The van der Waals surface area contributed by atoms with Gasteiger partial charge in [-0.2, -0.15) is 5.26 Å². The van der Waals surface area contributed by atoms with Gasteiger partial charge in [-0.25, -0.2) is 0 Å². The van der Waals surface area contributed by atoms with Crippen LogP contribution in [-0.2, 0) is 6.61 Å². The highest BCUT2D eigenvalue weighted by atomic mass is 16.3. The maximum absolute atomic E-state index is 9.39. The molecule has 0 aliphatic rings. The van der Waals surface area contributed by atoms with Crippen molar-refractivity contribution in [3.8, 4) is 28.3 Å². The van der Waals surface area contributed by atoms with Crippen LogP contribution in [0.15, 0.2) is 72.8 Å². The lowest BCUT2D eigenvalue weighted by molar-refractivity contribution is 0.282. The van der Waals surface area contributed by atoms with Gasteiger partial charge in [-0.15, -0.1) is 0 Å². The average molecular weight is 285 g/mol. The lowest BCUT2D eigenvalue weighted by Gasteiger charge is -2.12. The van der Waals surface area contributed by atoms with Gasteiger partial charge in [-0.05, 0) is 34.4 Å². The monoisotopic (exact) mass is 285 g/mol. The van der Waals surface area contributed by atoms with Crippen LogP contribution in [-0.4, -0.2) is 5.11 Å². The van der Waals surface area contributed by atoms with Crippen LogP contribution in [0.3, 0.4) is 0 Å². The Labute approximate surface area is 129 Å². The number of rotatable bonds is 3. The number of nitrogens with zero attached hydrogens (tertiary/aromatic N) is 1. The zero-order valence-electron chi connectivity index (χ0n) is 12.0. The summed E-state index contributed by atoms with van der Waals surface area (Å²) in [5.41, 5.74) is 5.46. The lowest BCUT2D eigenvalue weighted by atomic mass is 9.91. The third-order valence-corrected chi connectivity index (χ3v) is 3.69. The van der Waals surface area contributed by atoms with Crippen LogP contribution in [0.4, 0.5) is 0 Å². The minimum absolute atomic E-state index is 0.0355. The fourth-order valence-electron chi connectivity index (χ4n) is 2.60. The van der Waals surface area contributed by atoms with E-state index in [0.717, 1.165) is 27.8 Å². The predicted octanol–water partition coefficient (Wildman–Crippen LogP) is 4.38. The van der Waals surface area contributed by atoms with Gasteiger partial charge in [0, 0.05) is 5.56 Å². The zero-order valence-corrected chi connectivity index (χ0v) is 12.0. The van der Waals surface area contributed by atoms with E-state index in [9.17, 15) is 10.4 Å². The first-order chi connectivity index (χ1) is 10.8. The molecule has 0 saturated heterocycles. The molecule has 0 aliphatic heterocycles. The Morgan fingerprint density at radius 1 is 0.773 bits per heavy atom. The summed E-state index contributed by atoms with van der Waals surface area (Å²) in [7, 11) is 0. The molecule has 0 fully saturated rings. The molecule has 0 atom stereocenters. The summed E-state index contributed by atoms with van der Waals surface area (Å²) in [6.07, 6.45) is 0. The van der Waals surface area contributed by atoms with E-state index in [0.29, 0.717) is 5.56 Å². The maximum atomic E-state index is 9.39. The van der Waals surface area contributed by atoms with Gasteiger partial charge in [0.1, 0.15) is 0 Å². The molecule has 0 bridgehead atoms. The Balaban J connectivity index is 2.24. The predicted molar refractivity (Wildman–Crippen MR) is 88.0 cm³/mol. The quantitative estimate of drug-likeness (QED) is 0.776. The van der Waals surface area contributed by atoms with Crippen LogP contribution in [0.2, 0.25) is 0 Å². The summed E-state index contributed by atoms with van der Waals surface area (Å²) < 4.78 is 0. The molecule has 3 rings (SSSR count). The lowest BCUT2D eigenvalue weighted by Crippen LogP contribution is -1.91. The van der Waals surface area contributed by atoms with E-state index in [1.807, 2.05) is 42.5 Å². The Morgan fingerprint density at radius 2 is 1.45 bits per heavy atom. The molecule has 0 unspecified atom stereocenters. The molecule has 106 valence electrons. The molecule has 22 heavy (non-hydrogen) atoms. The Bertz CT molecular complexity index is 832. The molecule has 0 amide bonds. The number of aliphatic hydroxyl groups excluding tert-OH is 1. The minimum Gasteiger partial charge on any atom is -0.392 e.